The number of aliphatic hydroxyl groups excluding tert-OH is 1. The second-order valence-corrected chi connectivity index (χ2v) is 6.84. The van der Waals surface area contributed by atoms with Gasteiger partial charge in [0.1, 0.15) is 0 Å². The number of aryl methyl sites for hydroxylation is 1. The van der Waals surface area contributed by atoms with Crippen LogP contribution in [0.15, 0.2) is 30.3 Å². The van der Waals surface area contributed by atoms with E-state index in [9.17, 15) is 5.11 Å². The van der Waals surface area contributed by atoms with E-state index in [1.165, 1.54) is 5.56 Å². The summed E-state index contributed by atoms with van der Waals surface area (Å²) >= 11 is 0. The van der Waals surface area contributed by atoms with Crippen molar-refractivity contribution in [3.8, 4) is 0 Å². The van der Waals surface area contributed by atoms with Crippen LogP contribution in [0.25, 0.3) is 0 Å². The highest BCUT2D eigenvalue weighted by Crippen LogP contribution is 2.55. The van der Waals surface area contributed by atoms with Crippen LogP contribution >= 0.6 is 0 Å². The van der Waals surface area contributed by atoms with Gasteiger partial charge in [0.2, 0.25) is 0 Å². The van der Waals surface area contributed by atoms with E-state index in [-0.39, 0.29) is 11.9 Å². The summed E-state index contributed by atoms with van der Waals surface area (Å²) in [6.45, 7) is 1.43. The number of aliphatic hydroxyl groups is 1. The van der Waals surface area contributed by atoms with Gasteiger partial charge in [-0.05, 0) is 43.1 Å². The van der Waals surface area contributed by atoms with Gasteiger partial charge in [-0.2, -0.15) is 0 Å². The van der Waals surface area contributed by atoms with E-state index in [1.54, 1.807) is 0 Å². The van der Waals surface area contributed by atoms with E-state index in [4.69, 9.17) is 9.47 Å². The van der Waals surface area contributed by atoms with Gasteiger partial charge in [-0.25, -0.2) is 0 Å². The minimum Gasteiger partial charge on any atom is -0.393 e. The molecule has 1 aromatic carbocycles. The number of rotatable bonds is 3. The van der Waals surface area contributed by atoms with Gasteiger partial charge in [-0.15, -0.1) is 0 Å². The first kappa shape index (κ1) is 13.7. The minimum absolute atomic E-state index is 0.175. The van der Waals surface area contributed by atoms with E-state index < -0.39 is 0 Å². The zero-order valence-corrected chi connectivity index (χ0v) is 12.4. The van der Waals surface area contributed by atoms with Crippen LogP contribution in [0.2, 0.25) is 0 Å². The Morgan fingerprint density at radius 2 is 1.86 bits per heavy atom. The predicted octanol–water partition coefficient (Wildman–Crippen LogP) is 2.77. The number of fused-ring (bicyclic) bond motifs is 2. The fourth-order valence-corrected chi connectivity index (χ4v) is 4.80. The zero-order chi connectivity index (χ0) is 14.3. The maximum Gasteiger partial charge on any atom is 0.171 e. The zero-order valence-electron chi connectivity index (χ0n) is 12.4. The first-order valence-corrected chi connectivity index (χ1v) is 8.28. The molecule has 0 radical (unpaired) electrons. The monoisotopic (exact) mass is 288 g/mol. The normalized spacial score (nSPS) is 37.2. The van der Waals surface area contributed by atoms with E-state index in [2.05, 4.69) is 30.3 Å². The van der Waals surface area contributed by atoms with Crippen molar-refractivity contribution in [2.24, 2.45) is 17.8 Å². The van der Waals surface area contributed by atoms with E-state index in [0.717, 1.165) is 32.1 Å². The van der Waals surface area contributed by atoms with Crippen molar-refractivity contribution in [2.75, 3.05) is 13.2 Å². The highest BCUT2D eigenvalue weighted by atomic mass is 16.7. The van der Waals surface area contributed by atoms with Gasteiger partial charge in [0.05, 0.1) is 19.3 Å². The van der Waals surface area contributed by atoms with E-state index in [0.29, 0.717) is 31.0 Å². The van der Waals surface area contributed by atoms with Gasteiger partial charge in [0.25, 0.3) is 0 Å². The smallest absolute Gasteiger partial charge is 0.171 e. The average Bonchev–Trinajstić information content (AvgIpc) is 2.97. The molecule has 3 heteroatoms. The van der Waals surface area contributed by atoms with Crippen LogP contribution in [0, 0.1) is 17.8 Å². The molecule has 4 fully saturated rings. The quantitative estimate of drug-likeness (QED) is 0.929. The molecule has 3 nitrogen and oxygen atoms in total. The summed E-state index contributed by atoms with van der Waals surface area (Å²) in [6.07, 6.45) is 5.04. The Balaban J connectivity index is 1.51. The van der Waals surface area contributed by atoms with Crippen LogP contribution in [0.5, 0.6) is 0 Å². The third kappa shape index (κ3) is 2.32. The molecule has 0 amide bonds. The molecule has 21 heavy (non-hydrogen) atoms. The summed E-state index contributed by atoms with van der Waals surface area (Å²) in [4.78, 5) is 0. The number of benzene rings is 1. The van der Waals surface area contributed by atoms with Crippen molar-refractivity contribution >= 4 is 0 Å². The van der Waals surface area contributed by atoms with Crippen LogP contribution in [-0.4, -0.2) is 30.2 Å². The lowest BCUT2D eigenvalue weighted by Crippen LogP contribution is -2.58. The predicted molar refractivity (Wildman–Crippen MR) is 79.7 cm³/mol. The first-order valence-electron chi connectivity index (χ1n) is 8.28. The van der Waals surface area contributed by atoms with Crippen molar-refractivity contribution in [1.82, 2.24) is 0 Å². The number of ether oxygens (including phenoxy) is 2. The molecule has 0 aromatic heterocycles. The van der Waals surface area contributed by atoms with Gasteiger partial charge in [-0.3, -0.25) is 0 Å². The minimum atomic E-state index is -0.372. The summed E-state index contributed by atoms with van der Waals surface area (Å²) in [6, 6.07) is 10.6. The highest BCUT2D eigenvalue weighted by molar-refractivity contribution is 5.15. The second kappa shape index (κ2) is 5.38. The third-order valence-electron chi connectivity index (χ3n) is 5.78. The summed E-state index contributed by atoms with van der Waals surface area (Å²) in [5.41, 5.74) is 1.36. The number of hydrogen-bond donors (Lipinski definition) is 1. The van der Waals surface area contributed by atoms with Crippen LogP contribution in [0.3, 0.4) is 0 Å². The van der Waals surface area contributed by atoms with Crippen molar-refractivity contribution in [3.63, 3.8) is 0 Å². The van der Waals surface area contributed by atoms with Crippen LogP contribution in [-0.2, 0) is 15.9 Å². The molecule has 3 aliphatic carbocycles. The Morgan fingerprint density at radius 1 is 1.10 bits per heavy atom. The molecular weight excluding hydrogens is 264 g/mol. The number of hydrogen-bond acceptors (Lipinski definition) is 3. The topological polar surface area (TPSA) is 38.7 Å². The summed E-state index contributed by atoms with van der Waals surface area (Å²) in [5.74, 6) is 0.664. The molecule has 114 valence electrons. The van der Waals surface area contributed by atoms with E-state index in [1.807, 2.05) is 0 Å². The Kier molecular flexibility index (Phi) is 3.52. The highest BCUT2D eigenvalue weighted by Gasteiger charge is 2.58. The van der Waals surface area contributed by atoms with Crippen LogP contribution in [0.4, 0.5) is 0 Å². The Labute approximate surface area is 126 Å². The second-order valence-electron chi connectivity index (χ2n) is 6.84. The van der Waals surface area contributed by atoms with Gasteiger partial charge < -0.3 is 14.6 Å². The first-order chi connectivity index (χ1) is 10.3. The van der Waals surface area contributed by atoms with Crippen LogP contribution in [0.1, 0.15) is 31.2 Å². The SMILES string of the molecule is O[C@H]1C(CCc2ccccc2)[C@@H]2CC[C@H]1CC21OCCO1. The largest absolute Gasteiger partial charge is 0.393 e. The fourth-order valence-electron chi connectivity index (χ4n) is 4.80. The molecule has 1 aromatic rings. The lowest BCUT2D eigenvalue weighted by molar-refractivity contribution is -0.277. The molecule has 1 heterocycles. The maximum atomic E-state index is 10.7. The molecule has 4 atom stereocenters. The van der Waals surface area contributed by atoms with Gasteiger partial charge in [0.15, 0.2) is 5.79 Å². The lowest BCUT2D eigenvalue weighted by Gasteiger charge is -2.54. The molecule has 1 N–H and O–H groups in total. The molecule has 1 aliphatic heterocycles. The molecule has 1 saturated heterocycles. The Morgan fingerprint density at radius 3 is 2.62 bits per heavy atom. The van der Waals surface area contributed by atoms with Crippen LogP contribution < -0.4 is 0 Å². The lowest BCUT2D eigenvalue weighted by atomic mass is 9.58. The summed E-state index contributed by atoms with van der Waals surface area (Å²) in [5, 5.41) is 10.7. The maximum absolute atomic E-state index is 10.7. The summed E-state index contributed by atoms with van der Waals surface area (Å²) in [7, 11) is 0. The Hall–Kier alpha value is -0.900. The molecule has 4 aliphatic rings. The standard InChI is InChI=1S/C18H24O3/c19-17-14-7-9-16(18(12-14)20-10-11-21-18)15(17)8-6-13-4-2-1-3-5-13/h1-5,14-17,19H,6-12H2/t14-,15?,16-,17+/m0/s1. The van der Waals surface area contributed by atoms with E-state index >= 15 is 0 Å². The van der Waals surface area contributed by atoms with Gasteiger partial charge in [0, 0.05) is 12.3 Å². The van der Waals surface area contributed by atoms with Crippen molar-refractivity contribution in [2.45, 2.75) is 44.0 Å². The molecular formula is C18H24O3. The molecule has 1 spiro atoms. The third-order valence-corrected chi connectivity index (χ3v) is 5.78. The summed E-state index contributed by atoms with van der Waals surface area (Å²) < 4.78 is 12.0. The fraction of sp³-hybridized carbons (Fsp3) is 0.667. The molecule has 1 unspecified atom stereocenters. The van der Waals surface area contributed by atoms with Gasteiger partial charge >= 0.3 is 0 Å². The van der Waals surface area contributed by atoms with Gasteiger partial charge in [-0.1, -0.05) is 30.3 Å². The van der Waals surface area contributed by atoms with Crippen molar-refractivity contribution in [3.05, 3.63) is 35.9 Å². The molecule has 2 bridgehead atoms. The Bertz CT molecular complexity index is 480. The molecule has 5 rings (SSSR count). The molecule has 3 saturated carbocycles. The van der Waals surface area contributed by atoms with Crippen molar-refractivity contribution < 1.29 is 14.6 Å². The average molecular weight is 288 g/mol. The van der Waals surface area contributed by atoms with Crippen molar-refractivity contribution in [1.29, 1.82) is 0 Å².